The number of hydrogen-bond acceptors (Lipinski definition) is 4. The van der Waals surface area contributed by atoms with E-state index >= 15 is 0 Å². The van der Waals surface area contributed by atoms with Gasteiger partial charge in [-0.1, -0.05) is 13.8 Å². The Bertz CT molecular complexity index is 534. The highest BCUT2D eigenvalue weighted by molar-refractivity contribution is 7.89. The molecule has 1 unspecified atom stereocenters. The van der Waals surface area contributed by atoms with Crippen molar-refractivity contribution in [2.75, 3.05) is 6.54 Å². The number of hydrogen-bond donors (Lipinski definition) is 1. The van der Waals surface area contributed by atoms with E-state index in [9.17, 15) is 8.42 Å². The summed E-state index contributed by atoms with van der Waals surface area (Å²) in [5.74, 6) is 0.999. The number of furan rings is 1. The molecule has 2 N–H and O–H groups in total. The summed E-state index contributed by atoms with van der Waals surface area (Å²) >= 11 is 0. The van der Waals surface area contributed by atoms with Crippen molar-refractivity contribution in [3.8, 4) is 0 Å². The van der Waals surface area contributed by atoms with Crippen LogP contribution in [0.5, 0.6) is 0 Å². The van der Waals surface area contributed by atoms with E-state index in [-0.39, 0.29) is 17.5 Å². The molecule has 5 nitrogen and oxygen atoms in total. The standard InChI is InChI=1S/C13H24N2O3S/c1-6-9(3)15(7-2)19(16,17)13-11(5)18-10(4)12(13)8-14/h9H,6-8,14H2,1-5H3. The molecule has 1 aromatic heterocycles. The van der Waals surface area contributed by atoms with Crippen LogP contribution in [0.25, 0.3) is 0 Å². The maximum atomic E-state index is 12.8. The molecule has 0 aromatic carbocycles. The van der Waals surface area contributed by atoms with E-state index in [1.807, 2.05) is 20.8 Å². The fourth-order valence-electron chi connectivity index (χ4n) is 2.32. The van der Waals surface area contributed by atoms with E-state index in [1.54, 1.807) is 13.8 Å². The Morgan fingerprint density at radius 2 is 1.84 bits per heavy atom. The first-order chi connectivity index (χ1) is 8.81. The normalized spacial score (nSPS) is 14.1. The number of aryl methyl sites for hydroxylation is 2. The number of sulfonamides is 1. The van der Waals surface area contributed by atoms with Crippen molar-refractivity contribution in [3.05, 3.63) is 17.1 Å². The van der Waals surface area contributed by atoms with Crippen LogP contribution in [0.15, 0.2) is 9.31 Å². The van der Waals surface area contributed by atoms with E-state index in [4.69, 9.17) is 10.2 Å². The molecule has 0 radical (unpaired) electrons. The van der Waals surface area contributed by atoms with Gasteiger partial charge in [-0.2, -0.15) is 4.31 Å². The van der Waals surface area contributed by atoms with Crippen LogP contribution in [0, 0.1) is 13.8 Å². The third kappa shape index (κ3) is 2.85. The molecule has 1 aromatic rings. The molecule has 0 spiro atoms. The summed E-state index contributed by atoms with van der Waals surface area (Å²) in [6.07, 6.45) is 0.765. The molecule has 110 valence electrons. The predicted octanol–water partition coefficient (Wildman–Crippen LogP) is 2.16. The zero-order valence-corrected chi connectivity index (χ0v) is 13.2. The summed E-state index contributed by atoms with van der Waals surface area (Å²) in [6.45, 7) is 9.73. The third-order valence-electron chi connectivity index (χ3n) is 3.49. The largest absolute Gasteiger partial charge is 0.465 e. The zero-order valence-electron chi connectivity index (χ0n) is 12.4. The second-order valence-corrected chi connectivity index (χ2v) is 6.52. The number of rotatable bonds is 6. The van der Waals surface area contributed by atoms with Crippen LogP contribution >= 0.6 is 0 Å². The quantitative estimate of drug-likeness (QED) is 0.870. The molecule has 0 saturated heterocycles. The molecule has 0 aliphatic carbocycles. The van der Waals surface area contributed by atoms with Crippen molar-refractivity contribution < 1.29 is 12.8 Å². The second-order valence-electron chi connectivity index (χ2n) is 4.69. The Labute approximate surface area is 115 Å². The first kappa shape index (κ1) is 16.2. The molecule has 0 aliphatic heterocycles. The lowest BCUT2D eigenvalue weighted by atomic mass is 10.2. The molecule has 0 saturated carbocycles. The molecule has 19 heavy (non-hydrogen) atoms. The fourth-order valence-corrected chi connectivity index (χ4v) is 4.46. The van der Waals surface area contributed by atoms with E-state index in [2.05, 4.69) is 0 Å². The van der Waals surface area contributed by atoms with Gasteiger partial charge in [0.2, 0.25) is 10.0 Å². The zero-order chi connectivity index (χ0) is 14.8. The van der Waals surface area contributed by atoms with E-state index < -0.39 is 10.0 Å². The average molecular weight is 288 g/mol. The van der Waals surface area contributed by atoms with Gasteiger partial charge in [0.1, 0.15) is 16.4 Å². The summed E-state index contributed by atoms with van der Waals surface area (Å²) in [5, 5.41) is 0. The van der Waals surface area contributed by atoms with E-state index in [0.29, 0.717) is 23.6 Å². The molecule has 1 rings (SSSR count). The Morgan fingerprint density at radius 3 is 2.26 bits per heavy atom. The first-order valence-electron chi connectivity index (χ1n) is 6.61. The van der Waals surface area contributed by atoms with Crippen LogP contribution in [-0.2, 0) is 16.6 Å². The van der Waals surface area contributed by atoms with Crippen LogP contribution in [-0.4, -0.2) is 25.3 Å². The van der Waals surface area contributed by atoms with Gasteiger partial charge in [-0.3, -0.25) is 0 Å². The summed E-state index contributed by atoms with van der Waals surface area (Å²) < 4.78 is 32.5. The summed E-state index contributed by atoms with van der Waals surface area (Å²) in [4.78, 5) is 0.245. The average Bonchev–Trinajstić information content (AvgIpc) is 2.64. The van der Waals surface area contributed by atoms with Crippen molar-refractivity contribution in [1.29, 1.82) is 0 Å². The maximum absolute atomic E-state index is 12.8. The van der Waals surface area contributed by atoms with Crippen LogP contribution in [0.1, 0.15) is 44.3 Å². The van der Waals surface area contributed by atoms with Gasteiger partial charge in [-0.15, -0.1) is 0 Å². The van der Waals surface area contributed by atoms with Gasteiger partial charge < -0.3 is 10.2 Å². The van der Waals surface area contributed by atoms with Crippen LogP contribution in [0.3, 0.4) is 0 Å². The predicted molar refractivity (Wildman–Crippen MR) is 75.4 cm³/mol. The van der Waals surface area contributed by atoms with Gasteiger partial charge in [0.05, 0.1) is 0 Å². The summed E-state index contributed by atoms with van der Waals surface area (Å²) in [5.41, 5.74) is 6.25. The molecule has 1 heterocycles. The Balaban J connectivity index is 3.42. The summed E-state index contributed by atoms with van der Waals surface area (Å²) in [7, 11) is -3.56. The minimum absolute atomic E-state index is 0.0461. The molecule has 0 aliphatic rings. The van der Waals surface area contributed by atoms with Crippen molar-refractivity contribution >= 4 is 10.0 Å². The molecular weight excluding hydrogens is 264 g/mol. The topological polar surface area (TPSA) is 76.5 Å². The monoisotopic (exact) mass is 288 g/mol. The highest BCUT2D eigenvalue weighted by Crippen LogP contribution is 2.30. The number of nitrogens with two attached hydrogens (primary N) is 1. The fraction of sp³-hybridized carbons (Fsp3) is 0.692. The van der Waals surface area contributed by atoms with E-state index in [1.165, 1.54) is 4.31 Å². The highest BCUT2D eigenvalue weighted by atomic mass is 32.2. The number of nitrogens with zero attached hydrogens (tertiary/aromatic N) is 1. The molecule has 1 atom stereocenters. The Hall–Kier alpha value is -0.850. The Morgan fingerprint density at radius 1 is 1.26 bits per heavy atom. The third-order valence-corrected chi connectivity index (χ3v) is 5.78. The van der Waals surface area contributed by atoms with Crippen molar-refractivity contribution in [1.82, 2.24) is 4.31 Å². The van der Waals surface area contributed by atoms with Crippen LogP contribution in [0.4, 0.5) is 0 Å². The Kier molecular flexibility index (Phi) is 5.18. The summed E-state index contributed by atoms with van der Waals surface area (Å²) in [6, 6.07) is -0.0461. The molecule has 0 amide bonds. The minimum Gasteiger partial charge on any atom is -0.465 e. The smallest absolute Gasteiger partial charge is 0.247 e. The van der Waals surface area contributed by atoms with Gasteiger partial charge >= 0.3 is 0 Å². The highest BCUT2D eigenvalue weighted by Gasteiger charge is 2.33. The van der Waals surface area contributed by atoms with Crippen LogP contribution in [0.2, 0.25) is 0 Å². The lowest BCUT2D eigenvalue weighted by molar-refractivity contribution is 0.341. The molecule has 0 bridgehead atoms. The SMILES string of the molecule is CCC(C)N(CC)S(=O)(=O)c1c(C)oc(C)c1CN. The van der Waals surface area contributed by atoms with Gasteiger partial charge in [0, 0.05) is 24.7 Å². The lowest BCUT2D eigenvalue weighted by Crippen LogP contribution is -2.38. The van der Waals surface area contributed by atoms with Crippen LogP contribution < -0.4 is 5.73 Å². The second kappa shape index (κ2) is 6.07. The minimum atomic E-state index is -3.56. The first-order valence-corrected chi connectivity index (χ1v) is 8.05. The van der Waals surface area contributed by atoms with Crippen molar-refractivity contribution in [2.45, 2.75) is 58.5 Å². The molecular formula is C13H24N2O3S. The van der Waals surface area contributed by atoms with Gasteiger partial charge in [0.25, 0.3) is 0 Å². The van der Waals surface area contributed by atoms with Gasteiger partial charge in [0.15, 0.2) is 0 Å². The maximum Gasteiger partial charge on any atom is 0.247 e. The van der Waals surface area contributed by atoms with Gasteiger partial charge in [-0.25, -0.2) is 8.42 Å². The van der Waals surface area contributed by atoms with E-state index in [0.717, 1.165) is 6.42 Å². The molecule has 6 heteroatoms. The van der Waals surface area contributed by atoms with Crippen molar-refractivity contribution in [3.63, 3.8) is 0 Å². The molecule has 0 fully saturated rings. The van der Waals surface area contributed by atoms with Crippen molar-refractivity contribution in [2.24, 2.45) is 5.73 Å². The van der Waals surface area contributed by atoms with Gasteiger partial charge in [-0.05, 0) is 27.2 Å². The lowest BCUT2D eigenvalue weighted by Gasteiger charge is -2.26.